The summed E-state index contributed by atoms with van der Waals surface area (Å²) in [7, 11) is 0. The molecule has 0 spiro atoms. The fraction of sp³-hybridized carbons (Fsp3) is 0.800. The van der Waals surface area contributed by atoms with E-state index >= 15 is 0 Å². The van der Waals surface area contributed by atoms with E-state index in [0.29, 0.717) is 10.8 Å². The molecule has 0 fully saturated rings. The second-order valence-corrected chi connectivity index (χ2v) is 7.84. The van der Waals surface area contributed by atoms with Gasteiger partial charge in [0.2, 0.25) is 0 Å². The summed E-state index contributed by atoms with van der Waals surface area (Å²) in [5, 5.41) is 2.52. The summed E-state index contributed by atoms with van der Waals surface area (Å²) in [5.41, 5.74) is 0.223. The number of rotatable bonds is 6. The Kier molecular flexibility index (Phi) is 6.23. The highest BCUT2D eigenvalue weighted by atomic mass is 32.1. The SMILES string of the molecule is CCNC(CC(C)CC(C)(C)C)c1cnc(C(F)(F)F)s1. The first-order chi connectivity index (χ1) is 9.53. The van der Waals surface area contributed by atoms with Crippen molar-refractivity contribution < 1.29 is 13.2 Å². The maximum atomic E-state index is 12.7. The molecule has 122 valence electrons. The van der Waals surface area contributed by atoms with Crippen LogP contribution in [-0.2, 0) is 6.18 Å². The van der Waals surface area contributed by atoms with Gasteiger partial charge in [0, 0.05) is 17.1 Å². The van der Waals surface area contributed by atoms with E-state index < -0.39 is 11.2 Å². The number of aromatic nitrogens is 1. The zero-order valence-corrected chi connectivity index (χ0v) is 14.2. The fourth-order valence-corrected chi connectivity index (χ4v) is 3.53. The number of alkyl halides is 3. The van der Waals surface area contributed by atoms with Crippen LogP contribution in [0.4, 0.5) is 13.2 Å². The second-order valence-electron chi connectivity index (χ2n) is 6.78. The van der Waals surface area contributed by atoms with Crippen molar-refractivity contribution in [2.24, 2.45) is 11.3 Å². The molecule has 0 aliphatic heterocycles. The highest BCUT2D eigenvalue weighted by Crippen LogP contribution is 2.37. The van der Waals surface area contributed by atoms with Crippen molar-refractivity contribution in [2.75, 3.05) is 6.54 Å². The van der Waals surface area contributed by atoms with Gasteiger partial charge in [-0.25, -0.2) is 4.98 Å². The summed E-state index contributed by atoms with van der Waals surface area (Å²) < 4.78 is 38.0. The molecule has 0 aliphatic carbocycles. The minimum Gasteiger partial charge on any atom is -0.309 e. The molecule has 2 atom stereocenters. The summed E-state index contributed by atoms with van der Waals surface area (Å²) in [5.74, 6) is 0.436. The third-order valence-corrected chi connectivity index (χ3v) is 4.31. The average molecular weight is 322 g/mol. The van der Waals surface area contributed by atoms with Crippen molar-refractivity contribution in [3.05, 3.63) is 16.1 Å². The van der Waals surface area contributed by atoms with Crippen LogP contribution in [0.2, 0.25) is 0 Å². The smallest absolute Gasteiger partial charge is 0.309 e. The minimum absolute atomic E-state index is 0.0547. The number of hydrogen-bond acceptors (Lipinski definition) is 3. The van der Waals surface area contributed by atoms with Crippen LogP contribution in [0.15, 0.2) is 6.20 Å². The van der Waals surface area contributed by atoms with Gasteiger partial charge >= 0.3 is 6.18 Å². The zero-order chi connectivity index (χ0) is 16.3. The van der Waals surface area contributed by atoms with E-state index in [1.165, 1.54) is 6.20 Å². The summed E-state index contributed by atoms with van der Waals surface area (Å²) in [4.78, 5) is 4.20. The van der Waals surface area contributed by atoms with Gasteiger partial charge < -0.3 is 5.32 Å². The molecule has 1 aromatic heterocycles. The molecule has 1 heterocycles. The van der Waals surface area contributed by atoms with Gasteiger partial charge in [-0.3, -0.25) is 0 Å². The molecule has 0 bridgehead atoms. The lowest BCUT2D eigenvalue weighted by molar-refractivity contribution is -0.137. The van der Waals surface area contributed by atoms with Crippen molar-refractivity contribution in [1.29, 1.82) is 0 Å². The number of nitrogens with zero attached hydrogens (tertiary/aromatic N) is 1. The van der Waals surface area contributed by atoms with Crippen molar-refractivity contribution in [2.45, 2.75) is 59.7 Å². The molecular weight excluding hydrogens is 297 g/mol. The van der Waals surface area contributed by atoms with Crippen LogP contribution < -0.4 is 5.32 Å². The molecule has 21 heavy (non-hydrogen) atoms. The predicted molar refractivity (Wildman–Crippen MR) is 81.4 cm³/mol. The lowest BCUT2D eigenvalue weighted by Gasteiger charge is -2.26. The Morgan fingerprint density at radius 1 is 1.29 bits per heavy atom. The Balaban J connectivity index is 2.79. The Labute approximate surface area is 129 Å². The van der Waals surface area contributed by atoms with Crippen molar-refractivity contribution >= 4 is 11.3 Å². The normalized spacial score (nSPS) is 16.0. The molecular formula is C15H25F3N2S. The first kappa shape index (κ1) is 18.4. The Morgan fingerprint density at radius 3 is 2.33 bits per heavy atom. The van der Waals surface area contributed by atoms with Crippen LogP contribution >= 0.6 is 11.3 Å². The lowest BCUT2D eigenvalue weighted by atomic mass is 9.83. The van der Waals surface area contributed by atoms with Crippen LogP contribution in [0.25, 0.3) is 0 Å². The average Bonchev–Trinajstić information content (AvgIpc) is 2.74. The summed E-state index contributed by atoms with van der Waals surface area (Å²) in [6.45, 7) is 11.4. The summed E-state index contributed by atoms with van der Waals surface area (Å²) >= 11 is 0.749. The molecule has 0 saturated carbocycles. The van der Waals surface area contributed by atoms with Crippen LogP contribution in [0, 0.1) is 11.3 Å². The molecule has 0 aliphatic rings. The van der Waals surface area contributed by atoms with Crippen LogP contribution in [-0.4, -0.2) is 11.5 Å². The first-order valence-electron chi connectivity index (χ1n) is 7.29. The van der Waals surface area contributed by atoms with Crippen molar-refractivity contribution in [3.8, 4) is 0 Å². The van der Waals surface area contributed by atoms with E-state index in [2.05, 4.69) is 38.0 Å². The molecule has 0 aromatic carbocycles. The Hall–Kier alpha value is -0.620. The topological polar surface area (TPSA) is 24.9 Å². The molecule has 0 saturated heterocycles. The van der Waals surface area contributed by atoms with E-state index in [1.54, 1.807) is 0 Å². The predicted octanol–water partition coefficient (Wildman–Crippen LogP) is 5.27. The maximum Gasteiger partial charge on any atom is 0.443 e. The van der Waals surface area contributed by atoms with Crippen molar-refractivity contribution in [1.82, 2.24) is 10.3 Å². The van der Waals surface area contributed by atoms with Gasteiger partial charge in [-0.15, -0.1) is 11.3 Å². The van der Waals surface area contributed by atoms with Crippen LogP contribution in [0.5, 0.6) is 0 Å². The number of halogens is 3. The van der Waals surface area contributed by atoms with Crippen LogP contribution in [0.1, 0.15) is 63.4 Å². The van der Waals surface area contributed by atoms with Gasteiger partial charge in [-0.05, 0) is 30.7 Å². The van der Waals surface area contributed by atoms with Gasteiger partial charge in [-0.2, -0.15) is 13.2 Å². The van der Waals surface area contributed by atoms with Crippen molar-refractivity contribution in [3.63, 3.8) is 0 Å². The fourth-order valence-electron chi connectivity index (χ4n) is 2.66. The van der Waals surface area contributed by atoms with Gasteiger partial charge in [-0.1, -0.05) is 34.6 Å². The van der Waals surface area contributed by atoms with E-state index in [0.717, 1.165) is 30.7 Å². The van der Waals surface area contributed by atoms with Crippen LogP contribution in [0.3, 0.4) is 0 Å². The van der Waals surface area contributed by atoms with Gasteiger partial charge in [0.1, 0.15) is 0 Å². The number of nitrogens with one attached hydrogen (secondary N) is 1. The van der Waals surface area contributed by atoms with Gasteiger partial charge in [0.15, 0.2) is 5.01 Å². The Morgan fingerprint density at radius 2 is 1.90 bits per heavy atom. The largest absolute Gasteiger partial charge is 0.443 e. The molecule has 1 rings (SSSR count). The van der Waals surface area contributed by atoms with Gasteiger partial charge in [0.05, 0.1) is 0 Å². The van der Waals surface area contributed by atoms with Gasteiger partial charge in [0.25, 0.3) is 0 Å². The minimum atomic E-state index is -4.35. The second kappa shape index (κ2) is 7.09. The summed E-state index contributed by atoms with van der Waals surface area (Å²) in [6.07, 6.45) is -1.12. The number of hydrogen-bond donors (Lipinski definition) is 1. The third-order valence-electron chi connectivity index (χ3n) is 3.16. The first-order valence-corrected chi connectivity index (χ1v) is 8.11. The molecule has 0 amide bonds. The maximum absolute atomic E-state index is 12.7. The molecule has 2 nitrogen and oxygen atoms in total. The molecule has 1 aromatic rings. The quantitative estimate of drug-likeness (QED) is 0.771. The standard InChI is InChI=1S/C15H25F3N2S/c1-6-19-11(7-10(2)8-14(3,4)5)12-9-20-13(21-12)15(16,17)18/h9-11,19H,6-8H2,1-5H3. The van der Waals surface area contributed by atoms with E-state index in [-0.39, 0.29) is 11.5 Å². The lowest BCUT2D eigenvalue weighted by Crippen LogP contribution is -2.23. The Bertz CT molecular complexity index is 435. The van der Waals surface area contributed by atoms with E-state index in [4.69, 9.17) is 0 Å². The molecule has 2 unspecified atom stereocenters. The van der Waals surface area contributed by atoms with E-state index in [1.807, 2.05) is 6.92 Å². The molecule has 0 radical (unpaired) electrons. The third kappa shape index (κ3) is 6.34. The molecule has 1 N–H and O–H groups in total. The number of thiazole rings is 1. The summed E-state index contributed by atoms with van der Waals surface area (Å²) in [6, 6.07) is -0.0547. The molecule has 6 heteroatoms. The highest BCUT2D eigenvalue weighted by Gasteiger charge is 2.35. The monoisotopic (exact) mass is 322 g/mol. The zero-order valence-electron chi connectivity index (χ0n) is 13.3. The highest BCUT2D eigenvalue weighted by molar-refractivity contribution is 7.11. The van der Waals surface area contributed by atoms with E-state index in [9.17, 15) is 13.2 Å².